The molecule has 0 heterocycles. The van der Waals surface area contributed by atoms with Crippen LogP contribution in [0.5, 0.6) is 0 Å². The van der Waals surface area contributed by atoms with Crippen molar-refractivity contribution in [2.24, 2.45) is 17.3 Å². The molecule has 0 spiro atoms. The summed E-state index contributed by atoms with van der Waals surface area (Å²) in [6.45, 7) is 5.18. The predicted molar refractivity (Wildman–Crippen MR) is 47.1 cm³/mol. The molecule has 0 amide bonds. The van der Waals surface area contributed by atoms with Gasteiger partial charge in [0.1, 0.15) is 17.9 Å². The van der Waals surface area contributed by atoms with Gasteiger partial charge in [0.15, 0.2) is 0 Å². The Morgan fingerprint density at radius 2 is 1.92 bits per heavy atom. The van der Waals surface area contributed by atoms with Gasteiger partial charge in [-0.1, -0.05) is 20.8 Å². The highest BCUT2D eigenvalue weighted by Crippen LogP contribution is 2.38. The molecule has 0 aromatic carbocycles. The van der Waals surface area contributed by atoms with Gasteiger partial charge in [0.2, 0.25) is 0 Å². The Morgan fingerprint density at radius 3 is 2.38 bits per heavy atom. The normalized spacial score (nSPS) is 33.2. The first kappa shape index (κ1) is 10.1. The molecule has 0 N–H and O–H groups in total. The number of ketones is 2. The summed E-state index contributed by atoms with van der Waals surface area (Å²) in [5, 5.41) is 0. The highest BCUT2D eigenvalue weighted by molar-refractivity contribution is 6.07. The first-order valence-electron chi connectivity index (χ1n) is 4.42. The van der Waals surface area contributed by atoms with Gasteiger partial charge < -0.3 is 4.79 Å². The van der Waals surface area contributed by atoms with Gasteiger partial charge in [-0.3, -0.25) is 9.59 Å². The van der Waals surface area contributed by atoms with Crippen LogP contribution in [0, 0.1) is 17.3 Å². The molecular formula is C10H14O3. The molecule has 3 nitrogen and oxygen atoms in total. The third-order valence-corrected chi connectivity index (χ3v) is 3.08. The quantitative estimate of drug-likeness (QED) is 0.449. The van der Waals surface area contributed by atoms with Crippen molar-refractivity contribution in [3.63, 3.8) is 0 Å². The molecule has 1 saturated carbocycles. The zero-order valence-electron chi connectivity index (χ0n) is 8.16. The average molecular weight is 182 g/mol. The molecule has 0 aromatic heterocycles. The molecule has 1 aliphatic rings. The highest BCUT2D eigenvalue weighted by Gasteiger charge is 2.46. The van der Waals surface area contributed by atoms with Gasteiger partial charge in [0.25, 0.3) is 0 Å². The SMILES string of the molecule is CC1C(=O)CC(=O)C(C)(C)C1C=O. The van der Waals surface area contributed by atoms with E-state index in [4.69, 9.17) is 0 Å². The predicted octanol–water partition coefficient (Wildman–Crippen LogP) is 1.01. The topological polar surface area (TPSA) is 51.2 Å². The molecule has 0 bridgehead atoms. The molecule has 3 heteroatoms. The summed E-state index contributed by atoms with van der Waals surface area (Å²) in [4.78, 5) is 33.5. The summed E-state index contributed by atoms with van der Waals surface area (Å²) in [6.07, 6.45) is 0.720. The van der Waals surface area contributed by atoms with Crippen molar-refractivity contribution in [3.05, 3.63) is 0 Å². The zero-order chi connectivity index (χ0) is 10.2. The first-order valence-corrected chi connectivity index (χ1v) is 4.42. The van der Waals surface area contributed by atoms with E-state index < -0.39 is 11.3 Å². The van der Waals surface area contributed by atoms with Crippen LogP contribution in [0.25, 0.3) is 0 Å². The molecule has 1 rings (SSSR count). The molecule has 72 valence electrons. The van der Waals surface area contributed by atoms with E-state index in [0.717, 1.165) is 6.29 Å². The number of hydrogen-bond donors (Lipinski definition) is 0. The molecule has 0 aliphatic heterocycles. The monoisotopic (exact) mass is 182 g/mol. The number of carbonyl (C=O) groups excluding carboxylic acids is 3. The van der Waals surface area contributed by atoms with Crippen molar-refractivity contribution in [2.45, 2.75) is 27.2 Å². The van der Waals surface area contributed by atoms with Crippen LogP contribution in [0.2, 0.25) is 0 Å². The minimum Gasteiger partial charge on any atom is -0.303 e. The number of hydrogen-bond acceptors (Lipinski definition) is 3. The fourth-order valence-corrected chi connectivity index (χ4v) is 1.85. The number of aldehydes is 1. The van der Waals surface area contributed by atoms with Crippen molar-refractivity contribution < 1.29 is 14.4 Å². The zero-order valence-corrected chi connectivity index (χ0v) is 8.16. The van der Waals surface area contributed by atoms with Crippen LogP contribution < -0.4 is 0 Å². The molecule has 13 heavy (non-hydrogen) atoms. The summed E-state index contributed by atoms with van der Waals surface area (Å²) in [5.74, 6) is -0.999. The van der Waals surface area contributed by atoms with Gasteiger partial charge in [-0.25, -0.2) is 0 Å². The van der Waals surface area contributed by atoms with E-state index >= 15 is 0 Å². The lowest BCUT2D eigenvalue weighted by atomic mass is 9.63. The number of rotatable bonds is 1. The lowest BCUT2D eigenvalue weighted by Gasteiger charge is -2.36. The lowest BCUT2D eigenvalue weighted by molar-refractivity contribution is -0.147. The van der Waals surface area contributed by atoms with Crippen LogP contribution in [0.3, 0.4) is 0 Å². The third-order valence-electron chi connectivity index (χ3n) is 3.08. The molecule has 1 fully saturated rings. The van der Waals surface area contributed by atoms with E-state index in [0.29, 0.717) is 0 Å². The average Bonchev–Trinajstić information content (AvgIpc) is 2.02. The molecule has 1 aliphatic carbocycles. The third kappa shape index (κ3) is 1.43. The van der Waals surface area contributed by atoms with Crippen molar-refractivity contribution in [3.8, 4) is 0 Å². The highest BCUT2D eigenvalue weighted by atomic mass is 16.2. The van der Waals surface area contributed by atoms with Gasteiger partial charge in [-0.15, -0.1) is 0 Å². The smallest absolute Gasteiger partial charge is 0.146 e. The van der Waals surface area contributed by atoms with Gasteiger partial charge in [-0.05, 0) is 0 Å². The van der Waals surface area contributed by atoms with Gasteiger partial charge >= 0.3 is 0 Å². The summed E-state index contributed by atoms with van der Waals surface area (Å²) in [5.41, 5.74) is -0.672. The molecule has 2 atom stereocenters. The molecule has 0 radical (unpaired) electrons. The molecule has 0 saturated heterocycles. The van der Waals surface area contributed by atoms with Crippen LogP contribution in [-0.2, 0) is 14.4 Å². The van der Waals surface area contributed by atoms with Crippen molar-refractivity contribution in [1.29, 1.82) is 0 Å². The first-order chi connectivity index (χ1) is 5.91. The second kappa shape index (κ2) is 3.05. The number of carbonyl (C=O) groups is 3. The van der Waals surface area contributed by atoms with Gasteiger partial charge in [0.05, 0.1) is 6.42 Å². The Kier molecular flexibility index (Phi) is 2.37. The summed E-state index contributed by atoms with van der Waals surface area (Å²) in [7, 11) is 0. The Bertz CT molecular complexity index is 265. The summed E-state index contributed by atoms with van der Waals surface area (Å²) >= 11 is 0. The maximum Gasteiger partial charge on any atom is 0.146 e. The summed E-state index contributed by atoms with van der Waals surface area (Å²) < 4.78 is 0. The Balaban J connectivity index is 3.05. The fourth-order valence-electron chi connectivity index (χ4n) is 1.85. The van der Waals surface area contributed by atoms with Crippen molar-refractivity contribution >= 4 is 17.9 Å². The van der Waals surface area contributed by atoms with Gasteiger partial charge in [-0.2, -0.15) is 0 Å². The van der Waals surface area contributed by atoms with E-state index in [9.17, 15) is 14.4 Å². The van der Waals surface area contributed by atoms with E-state index in [1.807, 2.05) is 0 Å². The van der Waals surface area contributed by atoms with E-state index in [1.165, 1.54) is 0 Å². The Morgan fingerprint density at radius 1 is 1.38 bits per heavy atom. The minimum atomic E-state index is -0.672. The molecular weight excluding hydrogens is 168 g/mol. The number of Topliss-reactive ketones (excluding diaryl/α,β-unsaturated/α-hetero) is 2. The Labute approximate surface area is 77.5 Å². The van der Waals surface area contributed by atoms with Crippen LogP contribution in [0.4, 0.5) is 0 Å². The van der Waals surface area contributed by atoms with Crippen LogP contribution in [-0.4, -0.2) is 17.9 Å². The van der Waals surface area contributed by atoms with Crippen molar-refractivity contribution in [2.75, 3.05) is 0 Å². The van der Waals surface area contributed by atoms with Crippen molar-refractivity contribution in [1.82, 2.24) is 0 Å². The Hall–Kier alpha value is -0.990. The van der Waals surface area contributed by atoms with E-state index in [1.54, 1.807) is 20.8 Å². The molecule has 0 aromatic rings. The second-order valence-corrected chi connectivity index (χ2v) is 4.24. The van der Waals surface area contributed by atoms with Gasteiger partial charge in [0, 0.05) is 17.3 Å². The van der Waals surface area contributed by atoms with E-state index in [2.05, 4.69) is 0 Å². The second-order valence-electron chi connectivity index (χ2n) is 4.24. The summed E-state index contributed by atoms with van der Waals surface area (Å²) in [6, 6.07) is 0. The standard InChI is InChI=1S/C10H14O3/c1-6-7(5-11)10(2,3)9(13)4-8(6)12/h5-7H,4H2,1-3H3. The van der Waals surface area contributed by atoms with Crippen LogP contribution in [0.1, 0.15) is 27.2 Å². The lowest BCUT2D eigenvalue weighted by Crippen LogP contribution is -2.46. The maximum atomic E-state index is 11.5. The van der Waals surface area contributed by atoms with E-state index in [-0.39, 0.29) is 23.9 Å². The maximum absolute atomic E-state index is 11.5. The van der Waals surface area contributed by atoms with Crippen LogP contribution in [0.15, 0.2) is 0 Å². The largest absolute Gasteiger partial charge is 0.303 e. The molecule has 2 unspecified atom stereocenters. The fraction of sp³-hybridized carbons (Fsp3) is 0.700. The minimum absolute atomic E-state index is 0.0154. The van der Waals surface area contributed by atoms with Crippen LogP contribution >= 0.6 is 0 Å².